The average molecular weight is 264 g/mol. The van der Waals surface area contributed by atoms with Crippen molar-refractivity contribution >= 4 is 16.7 Å². The molecule has 1 unspecified atom stereocenters. The van der Waals surface area contributed by atoms with Crippen molar-refractivity contribution in [2.24, 2.45) is 0 Å². The second kappa shape index (κ2) is 4.46. The third kappa shape index (κ3) is 2.26. The van der Waals surface area contributed by atoms with Gasteiger partial charge in [-0.1, -0.05) is 0 Å². The maximum Gasteiger partial charge on any atom is 0.205 e. The molecule has 0 amide bonds. The summed E-state index contributed by atoms with van der Waals surface area (Å²) in [6.45, 7) is 2.29. The molecule has 2 heterocycles. The Labute approximate surface area is 112 Å². The van der Waals surface area contributed by atoms with Gasteiger partial charge in [0, 0.05) is 42.6 Å². The van der Waals surface area contributed by atoms with E-state index in [1.807, 2.05) is 0 Å². The lowest BCUT2D eigenvalue weighted by atomic mass is 10.2. The van der Waals surface area contributed by atoms with E-state index in [0.29, 0.717) is 12.0 Å². The van der Waals surface area contributed by atoms with Gasteiger partial charge in [-0.05, 0) is 38.5 Å². The molecule has 1 aromatic heterocycles. The summed E-state index contributed by atoms with van der Waals surface area (Å²) in [4.78, 5) is 7.24. The van der Waals surface area contributed by atoms with Crippen LogP contribution in [-0.4, -0.2) is 34.5 Å². The molecule has 1 N–H and O–H groups in total. The smallest absolute Gasteiger partial charge is 0.205 e. The van der Waals surface area contributed by atoms with Gasteiger partial charge in [-0.25, -0.2) is 4.98 Å². The fourth-order valence-electron chi connectivity index (χ4n) is 2.74. The van der Waals surface area contributed by atoms with Crippen LogP contribution in [0, 0.1) is 0 Å². The van der Waals surface area contributed by atoms with E-state index in [1.165, 1.54) is 38.5 Å². The van der Waals surface area contributed by atoms with Crippen molar-refractivity contribution in [1.29, 1.82) is 0 Å². The van der Waals surface area contributed by atoms with Crippen LogP contribution in [0.15, 0.2) is 0 Å². The van der Waals surface area contributed by atoms with Crippen molar-refractivity contribution in [1.82, 2.24) is 14.7 Å². The summed E-state index contributed by atoms with van der Waals surface area (Å²) in [6.07, 6.45) is 7.94. The molecule has 1 aromatic rings. The molecule has 5 heteroatoms. The summed E-state index contributed by atoms with van der Waals surface area (Å²) >= 11 is 1.61. The van der Waals surface area contributed by atoms with Crippen molar-refractivity contribution in [2.45, 2.75) is 56.5 Å². The summed E-state index contributed by atoms with van der Waals surface area (Å²) in [6, 6.07) is 1.45. The molecule has 18 heavy (non-hydrogen) atoms. The minimum atomic E-state index is 0.644. The molecule has 0 aromatic carbocycles. The van der Waals surface area contributed by atoms with Gasteiger partial charge in [0.25, 0.3) is 0 Å². The Morgan fingerprint density at radius 2 is 2.11 bits per heavy atom. The lowest BCUT2D eigenvalue weighted by molar-refractivity contribution is 0.570. The summed E-state index contributed by atoms with van der Waals surface area (Å²) in [5, 5.41) is 4.82. The van der Waals surface area contributed by atoms with Gasteiger partial charge in [-0.15, -0.1) is 0 Å². The van der Waals surface area contributed by atoms with Crippen LogP contribution < -0.4 is 10.2 Å². The molecule has 1 saturated heterocycles. The van der Waals surface area contributed by atoms with Gasteiger partial charge in [0.05, 0.1) is 0 Å². The lowest BCUT2D eigenvalue weighted by Crippen LogP contribution is -2.38. The van der Waals surface area contributed by atoms with Crippen LogP contribution in [0.4, 0.5) is 5.13 Å². The third-order valence-corrected chi connectivity index (χ3v) is 4.98. The molecule has 1 atom stereocenters. The molecule has 0 radical (unpaired) electrons. The van der Waals surface area contributed by atoms with E-state index in [0.717, 1.165) is 30.1 Å². The van der Waals surface area contributed by atoms with Crippen LogP contribution in [0.3, 0.4) is 0 Å². The zero-order valence-electron chi connectivity index (χ0n) is 10.6. The van der Waals surface area contributed by atoms with Gasteiger partial charge in [0.1, 0.15) is 5.82 Å². The molecule has 0 spiro atoms. The average Bonchev–Trinajstić information content (AvgIpc) is 3.30. The van der Waals surface area contributed by atoms with Gasteiger partial charge in [-0.2, -0.15) is 4.37 Å². The minimum Gasteiger partial charge on any atom is -0.343 e. The van der Waals surface area contributed by atoms with Crippen LogP contribution in [0.5, 0.6) is 0 Å². The Hall–Kier alpha value is -0.680. The Morgan fingerprint density at radius 1 is 1.22 bits per heavy atom. The van der Waals surface area contributed by atoms with E-state index >= 15 is 0 Å². The van der Waals surface area contributed by atoms with Crippen LogP contribution in [0.25, 0.3) is 0 Å². The second-order valence-corrected chi connectivity index (χ2v) is 6.61. The van der Waals surface area contributed by atoms with Crippen molar-refractivity contribution in [2.75, 3.05) is 18.0 Å². The zero-order valence-corrected chi connectivity index (χ0v) is 11.5. The fraction of sp³-hybridized carbons (Fsp3) is 0.846. The van der Waals surface area contributed by atoms with Crippen molar-refractivity contribution in [3.63, 3.8) is 0 Å². The first-order chi connectivity index (χ1) is 8.90. The van der Waals surface area contributed by atoms with E-state index in [1.54, 1.807) is 11.5 Å². The predicted octanol–water partition coefficient (Wildman–Crippen LogP) is 2.14. The standard InChI is InChI=1S/C13H20N4S/c1-2-11(8-14-10-5-6-10)17(7-1)13-15-12(16-18-13)9-3-4-9/h9-11,14H,1-8H2. The number of nitrogens with zero attached hydrogens (tertiary/aromatic N) is 3. The molecule has 3 fully saturated rings. The molecule has 4 nitrogen and oxygen atoms in total. The predicted molar refractivity (Wildman–Crippen MR) is 73.3 cm³/mol. The van der Waals surface area contributed by atoms with Crippen LogP contribution in [0.2, 0.25) is 0 Å². The van der Waals surface area contributed by atoms with Crippen molar-refractivity contribution < 1.29 is 0 Å². The number of aromatic nitrogens is 2. The van der Waals surface area contributed by atoms with Crippen LogP contribution in [0.1, 0.15) is 50.3 Å². The molecule has 2 aliphatic carbocycles. The molecule has 0 bridgehead atoms. The second-order valence-electron chi connectivity index (χ2n) is 5.88. The summed E-state index contributed by atoms with van der Waals surface area (Å²) < 4.78 is 4.53. The van der Waals surface area contributed by atoms with E-state index < -0.39 is 0 Å². The first kappa shape index (κ1) is 11.2. The van der Waals surface area contributed by atoms with E-state index in [-0.39, 0.29) is 0 Å². The third-order valence-electron chi connectivity index (χ3n) is 4.22. The van der Waals surface area contributed by atoms with Crippen LogP contribution in [-0.2, 0) is 0 Å². The quantitative estimate of drug-likeness (QED) is 0.884. The zero-order chi connectivity index (χ0) is 11.9. The molecular weight excluding hydrogens is 244 g/mol. The van der Waals surface area contributed by atoms with Gasteiger partial charge < -0.3 is 10.2 Å². The van der Waals surface area contributed by atoms with Gasteiger partial charge >= 0.3 is 0 Å². The van der Waals surface area contributed by atoms with E-state index in [9.17, 15) is 0 Å². The van der Waals surface area contributed by atoms with Crippen LogP contribution >= 0.6 is 11.5 Å². The number of hydrogen-bond acceptors (Lipinski definition) is 5. The first-order valence-electron chi connectivity index (χ1n) is 7.24. The summed E-state index contributed by atoms with van der Waals surface area (Å²) in [5.41, 5.74) is 0. The number of hydrogen-bond donors (Lipinski definition) is 1. The summed E-state index contributed by atoms with van der Waals surface area (Å²) in [5.74, 6) is 1.79. The highest BCUT2D eigenvalue weighted by atomic mass is 32.1. The maximum absolute atomic E-state index is 4.75. The Bertz CT molecular complexity index is 424. The lowest BCUT2D eigenvalue weighted by Gasteiger charge is -2.23. The highest BCUT2D eigenvalue weighted by Gasteiger charge is 2.32. The maximum atomic E-state index is 4.75. The van der Waals surface area contributed by atoms with Crippen molar-refractivity contribution in [3.05, 3.63) is 5.82 Å². The topological polar surface area (TPSA) is 41.0 Å². The Morgan fingerprint density at radius 3 is 2.89 bits per heavy atom. The highest BCUT2D eigenvalue weighted by molar-refractivity contribution is 7.09. The van der Waals surface area contributed by atoms with Gasteiger partial charge in [0.2, 0.25) is 5.13 Å². The van der Waals surface area contributed by atoms with E-state index in [2.05, 4.69) is 14.6 Å². The van der Waals surface area contributed by atoms with E-state index in [4.69, 9.17) is 4.98 Å². The normalized spacial score (nSPS) is 28.0. The molecule has 3 aliphatic rings. The number of anilines is 1. The Balaban J connectivity index is 1.43. The number of nitrogens with one attached hydrogen (secondary N) is 1. The minimum absolute atomic E-state index is 0.644. The molecule has 1 aliphatic heterocycles. The molecule has 4 rings (SSSR count). The van der Waals surface area contributed by atoms with Crippen molar-refractivity contribution in [3.8, 4) is 0 Å². The summed E-state index contributed by atoms with van der Waals surface area (Å²) in [7, 11) is 0. The van der Waals surface area contributed by atoms with Gasteiger partial charge in [0.15, 0.2) is 0 Å². The van der Waals surface area contributed by atoms with Gasteiger partial charge in [-0.3, -0.25) is 0 Å². The first-order valence-corrected chi connectivity index (χ1v) is 8.01. The molecule has 2 saturated carbocycles. The fourth-order valence-corrected chi connectivity index (χ4v) is 3.58. The molecule has 98 valence electrons. The SMILES string of the molecule is C1CC(CNC2CC2)N(c2nc(C3CC3)ns2)C1. The molecular formula is C13H20N4S. The Kier molecular flexibility index (Phi) is 2.77. The largest absolute Gasteiger partial charge is 0.343 e. The number of rotatable bonds is 5. The monoisotopic (exact) mass is 264 g/mol. The highest BCUT2D eigenvalue weighted by Crippen LogP contribution is 2.40.